The third-order valence-corrected chi connectivity index (χ3v) is 3.50. The van der Waals surface area contributed by atoms with Gasteiger partial charge in [0.2, 0.25) is 15.9 Å². The smallest absolute Gasteiger partial charge is 0.276 e. The fourth-order valence-electron chi connectivity index (χ4n) is 1.79. The van der Waals surface area contributed by atoms with Crippen LogP contribution in [0.15, 0.2) is 11.0 Å². The van der Waals surface area contributed by atoms with Crippen molar-refractivity contribution in [3.05, 3.63) is 32.9 Å². The van der Waals surface area contributed by atoms with E-state index in [1.165, 1.54) is 13.8 Å². The molecule has 0 heterocycles. The molecule has 1 rings (SSSR count). The predicted octanol–water partition coefficient (Wildman–Crippen LogP) is -0.0421. The van der Waals surface area contributed by atoms with Crippen LogP contribution < -0.4 is 10.9 Å². The van der Waals surface area contributed by atoms with Gasteiger partial charge in [-0.2, -0.15) is 0 Å². The van der Waals surface area contributed by atoms with Crippen molar-refractivity contribution in [3.63, 3.8) is 0 Å². The number of amides is 1. The topological polar surface area (TPSA) is 146 Å². The molecular formula is C9H11N3O5S. The van der Waals surface area contributed by atoms with Gasteiger partial charge >= 0.3 is 0 Å². The van der Waals surface area contributed by atoms with Crippen LogP contribution >= 0.6 is 0 Å². The minimum atomic E-state index is -4.29. The molecule has 1 amide bonds. The monoisotopic (exact) mass is 273 g/mol. The maximum Gasteiger partial charge on any atom is 0.276 e. The van der Waals surface area contributed by atoms with Crippen LogP contribution in [-0.2, 0) is 10.0 Å². The Kier molecular flexibility index (Phi) is 3.40. The SMILES string of the molecule is Cc1cc(C(N)=O)c(S(N)(=O)=O)c(C)c1[N+](=O)[O-]. The Hall–Kier alpha value is -2.00. The van der Waals surface area contributed by atoms with Crippen LogP contribution in [0.5, 0.6) is 0 Å². The molecule has 1 aromatic carbocycles. The highest BCUT2D eigenvalue weighted by Crippen LogP contribution is 2.31. The molecule has 4 N–H and O–H groups in total. The second-order valence-corrected chi connectivity index (χ2v) is 5.21. The number of nitro groups is 1. The molecule has 0 spiro atoms. The summed E-state index contributed by atoms with van der Waals surface area (Å²) in [6.45, 7) is 2.59. The van der Waals surface area contributed by atoms with E-state index in [9.17, 15) is 23.3 Å². The van der Waals surface area contributed by atoms with E-state index in [4.69, 9.17) is 10.9 Å². The third kappa shape index (κ3) is 2.31. The minimum Gasteiger partial charge on any atom is -0.366 e. The first-order chi connectivity index (χ1) is 8.07. The summed E-state index contributed by atoms with van der Waals surface area (Å²) >= 11 is 0. The molecule has 0 aromatic heterocycles. The molecule has 98 valence electrons. The number of aryl methyl sites for hydroxylation is 1. The van der Waals surface area contributed by atoms with Crippen molar-refractivity contribution >= 4 is 21.6 Å². The second kappa shape index (κ2) is 4.35. The Balaban J connectivity index is 3.93. The highest BCUT2D eigenvalue weighted by molar-refractivity contribution is 7.89. The Morgan fingerprint density at radius 2 is 1.89 bits per heavy atom. The molecule has 0 aliphatic rings. The van der Waals surface area contributed by atoms with Crippen LogP contribution in [0.25, 0.3) is 0 Å². The Morgan fingerprint density at radius 3 is 2.22 bits per heavy atom. The molecule has 0 saturated heterocycles. The lowest BCUT2D eigenvalue weighted by Crippen LogP contribution is -2.22. The van der Waals surface area contributed by atoms with Gasteiger partial charge in [0.05, 0.1) is 10.5 Å². The molecule has 0 saturated carbocycles. The van der Waals surface area contributed by atoms with Gasteiger partial charge in [-0.1, -0.05) is 0 Å². The number of primary sulfonamides is 1. The third-order valence-electron chi connectivity index (χ3n) is 2.41. The number of carbonyl (C=O) groups excluding carboxylic acids is 1. The van der Waals surface area contributed by atoms with Crippen LogP contribution in [0.1, 0.15) is 21.5 Å². The van der Waals surface area contributed by atoms with Gasteiger partial charge < -0.3 is 5.73 Å². The number of nitrogens with zero attached hydrogens (tertiary/aromatic N) is 1. The van der Waals surface area contributed by atoms with Crippen molar-refractivity contribution in [3.8, 4) is 0 Å². The van der Waals surface area contributed by atoms with Crippen molar-refractivity contribution in [2.24, 2.45) is 10.9 Å². The first kappa shape index (κ1) is 14.1. The summed E-state index contributed by atoms with van der Waals surface area (Å²) in [6, 6.07) is 1.05. The summed E-state index contributed by atoms with van der Waals surface area (Å²) in [6.07, 6.45) is 0. The van der Waals surface area contributed by atoms with Gasteiger partial charge in [-0.05, 0) is 19.9 Å². The summed E-state index contributed by atoms with van der Waals surface area (Å²) in [5, 5.41) is 15.8. The Bertz CT molecular complexity index is 651. The van der Waals surface area contributed by atoms with E-state index >= 15 is 0 Å². The molecule has 18 heavy (non-hydrogen) atoms. The Morgan fingerprint density at radius 1 is 1.39 bits per heavy atom. The van der Waals surface area contributed by atoms with Crippen molar-refractivity contribution in [2.45, 2.75) is 18.7 Å². The Labute approximate surface area is 103 Å². The first-order valence-electron chi connectivity index (χ1n) is 4.68. The summed E-state index contributed by atoms with van der Waals surface area (Å²) in [5.41, 5.74) is 4.24. The molecule has 8 nitrogen and oxygen atoms in total. The summed E-state index contributed by atoms with van der Waals surface area (Å²) < 4.78 is 22.8. The second-order valence-electron chi connectivity index (χ2n) is 3.71. The van der Waals surface area contributed by atoms with Gasteiger partial charge in [0, 0.05) is 11.1 Å². The number of hydrogen-bond acceptors (Lipinski definition) is 5. The lowest BCUT2D eigenvalue weighted by Gasteiger charge is -2.10. The van der Waals surface area contributed by atoms with Crippen LogP contribution in [-0.4, -0.2) is 19.2 Å². The fraction of sp³-hybridized carbons (Fsp3) is 0.222. The van der Waals surface area contributed by atoms with E-state index in [0.717, 1.165) is 6.07 Å². The number of carbonyl (C=O) groups is 1. The van der Waals surface area contributed by atoms with Crippen LogP contribution in [0, 0.1) is 24.0 Å². The quantitative estimate of drug-likeness (QED) is 0.585. The highest BCUT2D eigenvalue weighted by atomic mass is 32.2. The molecule has 0 unspecified atom stereocenters. The normalized spacial score (nSPS) is 11.3. The average Bonchev–Trinajstić information content (AvgIpc) is 2.12. The van der Waals surface area contributed by atoms with Crippen LogP contribution in [0.3, 0.4) is 0 Å². The van der Waals surface area contributed by atoms with E-state index in [1.807, 2.05) is 0 Å². The van der Waals surface area contributed by atoms with Crippen molar-refractivity contribution < 1.29 is 18.1 Å². The lowest BCUT2D eigenvalue weighted by atomic mass is 10.0. The van der Waals surface area contributed by atoms with Crippen molar-refractivity contribution in [1.29, 1.82) is 0 Å². The molecular weight excluding hydrogens is 262 g/mol. The number of benzene rings is 1. The summed E-state index contributed by atoms with van der Waals surface area (Å²) in [7, 11) is -4.29. The molecule has 0 aliphatic carbocycles. The minimum absolute atomic E-state index is 0.138. The van der Waals surface area contributed by atoms with E-state index in [-0.39, 0.29) is 16.7 Å². The zero-order chi connectivity index (χ0) is 14.2. The number of sulfonamides is 1. The molecule has 0 fully saturated rings. The fourth-order valence-corrected chi connectivity index (χ4v) is 2.78. The van der Waals surface area contributed by atoms with Crippen LogP contribution in [0.2, 0.25) is 0 Å². The number of rotatable bonds is 3. The maximum atomic E-state index is 11.4. The van der Waals surface area contributed by atoms with Gasteiger partial charge in [-0.15, -0.1) is 0 Å². The molecule has 0 aliphatic heterocycles. The first-order valence-corrected chi connectivity index (χ1v) is 6.23. The number of primary amides is 1. The standard InChI is InChI=1S/C9H11N3O5S/c1-4-3-6(9(10)13)8(18(11,16)17)5(2)7(4)12(14)15/h3H,1-2H3,(H2,10,13)(H2,11,16,17). The summed E-state index contributed by atoms with van der Waals surface area (Å²) in [5.74, 6) is -1.01. The van der Waals surface area contributed by atoms with Gasteiger partial charge in [0.15, 0.2) is 0 Å². The number of nitro benzene ring substituents is 1. The highest BCUT2D eigenvalue weighted by Gasteiger charge is 2.28. The van der Waals surface area contributed by atoms with Gasteiger partial charge in [-0.25, -0.2) is 13.6 Å². The zero-order valence-corrected chi connectivity index (χ0v) is 10.4. The van der Waals surface area contributed by atoms with E-state index in [1.54, 1.807) is 0 Å². The zero-order valence-electron chi connectivity index (χ0n) is 9.63. The molecule has 0 atom stereocenters. The van der Waals surface area contributed by atoms with E-state index in [2.05, 4.69) is 0 Å². The van der Waals surface area contributed by atoms with Gasteiger partial charge in [0.25, 0.3) is 5.69 Å². The van der Waals surface area contributed by atoms with Crippen molar-refractivity contribution in [2.75, 3.05) is 0 Å². The molecule has 0 radical (unpaired) electrons. The predicted molar refractivity (Wildman–Crippen MR) is 62.5 cm³/mol. The summed E-state index contributed by atoms with van der Waals surface area (Å²) in [4.78, 5) is 20.7. The van der Waals surface area contributed by atoms with Crippen LogP contribution in [0.4, 0.5) is 5.69 Å². The number of hydrogen-bond donors (Lipinski definition) is 2. The molecule has 0 bridgehead atoms. The maximum absolute atomic E-state index is 11.4. The largest absolute Gasteiger partial charge is 0.366 e. The van der Waals surface area contributed by atoms with Gasteiger partial charge in [-0.3, -0.25) is 14.9 Å². The van der Waals surface area contributed by atoms with Crippen molar-refractivity contribution in [1.82, 2.24) is 0 Å². The lowest BCUT2D eigenvalue weighted by molar-refractivity contribution is -0.386. The molecule has 1 aromatic rings. The van der Waals surface area contributed by atoms with Gasteiger partial charge in [0.1, 0.15) is 4.90 Å². The van der Waals surface area contributed by atoms with E-state index < -0.39 is 31.4 Å². The number of nitrogens with two attached hydrogens (primary N) is 2. The average molecular weight is 273 g/mol. The van der Waals surface area contributed by atoms with E-state index in [0.29, 0.717) is 0 Å². The molecule has 9 heteroatoms.